The number of hydrogen-bond donors (Lipinski definition) is 0. The van der Waals surface area contributed by atoms with E-state index < -0.39 is 0 Å². The number of carbonyl (C=O) groups is 2. The van der Waals surface area contributed by atoms with E-state index >= 15 is 0 Å². The molecule has 1 aliphatic rings. The number of benzene rings is 2. The van der Waals surface area contributed by atoms with Gasteiger partial charge in [0.1, 0.15) is 11.5 Å². The first kappa shape index (κ1) is 14.7. The molecule has 3 rings (SSSR count). The Bertz CT molecular complexity index is 745. The van der Waals surface area contributed by atoms with Gasteiger partial charge in [0.05, 0.1) is 5.57 Å². The van der Waals surface area contributed by atoms with Crippen molar-refractivity contribution in [1.82, 2.24) is 0 Å². The van der Waals surface area contributed by atoms with Crippen molar-refractivity contribution in [2.75, 3.05) is 0 Å². The van der Waals surface area contributed by atoms with Crippen molar-refractivity contribution in [3.63, 3.8) is 0 Å². The Morgan fingerprint density at radius 2 is 1.13 bits per heavy atom. The van der Waals surface area contributed by atoms with Crippen molar-refractivity contribution in [3.05, 3.63) is 95.1 Å². The average molecular weight is 302 g/mol. The molecule has 0 amide bonds. The summed E-state index contributed by atoms with van der Waals surface area (Å²) >= 11 is 0. The summed E-state index contributed by atoms with van der Waals surface area (Å²) in [5, 5.41) is 0. The topological polar surface area (TPSA) is 43.4 Å². The Morgan fingerprint density at radius 1 is 0.696 bits per heavy atom. The van der Waals surface area contributed by atoms with Crippen LogP contribution in [0, 0.1) is 0 Å². The third-order valence-corrected chi connectivity index (χ3v) is 3.50. The van der Waals surface area contributed by atoms with Gasteiger partial charge in [-0.25, -0.2) is 0 Å². The first-order chi connectivity index (χ1) is 11.3. The zero-order chi connectivity index (χ0) is 16.1. The van der Waals surface area contributed by atoms with Gasteiger partial charge >= 0.3 is 0 Å². The highest BCUT2D eigenvalue weighted by atomic mass is 16.5. The van der Waals surface area contributed by atoms with Gasteiger partial charge < -0.3 is 4.74 Å². The van der Waals surface area contributed by atoms with Gasteiger partial charge in [-0.1, -0.05) is 60.7 Å². The standard InChI is InChI=1S/C20H14O3/c21-13-18(14-22)17-11-19(15-7-3-1-4-8-15)23-20(12-17)16-9-5-2-6-10-16/h1-14H. The largest absolute Gasteiger partial charge is 0.456 e. The van der Waals surface area contributed by atoms with Gasteiger partial charge in [-0.05, 0) is 17.7 Å². The average Bonchev–Trinajstić information content (AvgIpc) is 2.64. The fourth-order valence-corrected chi connectivity index (χ4v) is 2.32. The zero-order valence-electron chi connectivity index (χ0n) is 12.3. The maximum Gasteiger partial charge on any atom is 0.153 e. The van der Waals surface area contributed by atoms with Crippen molar-refractivity contribution < 1.29 is 14.3 Å². The second kappa shape index (κ2) is 6.71. The summed E-state index contributed by atoms with van der Waals surface area (Å²) < 4.78 is 5.98. The normalized spacial score (nSPS) is 13.5. The molecule has 2 aromatic rings. The van der Waals surface area contributed by atoms with Gasteiger partial charge in [0.15, 0.2) is 12.6 Å². The lowest BCUT2D eigenvalue weighted by molar-refractivity contribution is -0.109. The van der Waals surface area contributed by atoms with Crippen LogP contribution >= 0.6 is 0 Å². The molecule has 0 radical (unpaired) electrons. The number of aldehydes is 2. The zero-order valence-corrected chi connectivity index (χ0v) is 12.3. The van der Waals surface area contributed by atoms with E-state index in [1.165, 1.54) is 0 Å². The Morgan fingerprint density at radius 3 is 1.52 bits per heavy atom. The molecule has 0 aromatic heterocycles. The van der Waals surface area contributed by atoms with Crippen LogP contribution in [-0.2, 0) is 14.3 Å². The van der Waals surface area contributed by atoms with Crippen LogP contribution in [0.1, 0.15) is 11.1 Å². The highest BCUT2D eigenvalue weighted by Gasteiger charge is 2.16. The van der Waals surface area contributed by atoms with Gasteiger partial charge in [-0.15, -0.1) is 0 Å². The first-order valence-corrected chi connectivity index (χ1v) is 7.18. The number of ether oxygens (including phenoxy) is 1. The monoisotopic (exact) mass is 302 g/mol. The summed E-state index contributed by atoms with van der Waals surface area (Å²) in [7, 11) is 0. The third kappa shape index (κ3) is 3.19. The first-order valence-electron chi connectivity index (χ1n) is 7.18. The van der Waals surface area contributed by atoms with E-state index in [-0.39, 0.29) is 5.57 Å². The summed E-state index contributed by atoms with van der Waals surface area (Å²) in [6.45, 7) is 0. The molecule has 0 bridgehead atoms. The Kier molecular flexibility index (Phi) is 4.29. The number of rotatable bonds is 4. The molecule has 0 N–H and O–H groups in total. The van der Waals surface area contributed by atoms with E-state index in [1.54, 1.807) is 12.2 Å². The van der Waals surface area contributed by atoms with E-state index in [0.29, 0.717) is 29.7 Å². The maximum atomic E-state index is 11.1. The minimum absolute atomic E-state index is 0.0927. The molecule has 0 atom stereocenters. The summed E-state index contributed by atoms with van der Waals surface area (Å²) in [5.74, 6) is 1.20. The molecule has 1 heterocycles. The predicted octanol–water partition coefficient (Wildman–Crippen LogP) is 3.79. The van der Waals surface area contributed by atoms with E-state index in [2.05, 4.69) is 0 Å². The predicted molar refractivity (Wildman–Crippen MR) is 89.1 cm³/mol. The molecule has 2 aromatic carbocycles. The minimum atomic E-state index is 0.0927. The molecule has 0 spiro atoms. The second-order valence-corrected chi connectivity index (χ2v) is 5.00. The van der Waals surface area contributed by atoms with E-state index in [4.69, 9.17) is 4.74 Å². The summed E-state index contributed by atoms with van der Waals surface area (Å²) in [4.78, 5) is 22.3. The van der Waals surface area contributed by atoms with Crippen molar-refractivity contribution in [3.8, 4) is 0 Å². The Balaban J connectivity index is 2.12. The molecule has 0 saturated carbocycles. The van der Waals surface area contributed by atoms with Crippen LogP contribution in [0.25, 0.3) is 11.5 Å². The van der Waals surface area contributed by atoms with Crippen molar-refractivity contribution >= 4 is 24.1 Å². The molecule has 0 saturated heterocycles. The summed E-state index contributed by atoms with van der Waals surface area (Å²) in [5.41, 5.74) is 2.39. The van der Waals surface area contributed by atoms with Gasteiger partial charge in [0.2, 0.25) is 0 Å². The molecule has 0 fully saturated rings. The number of allylic oxidation sites excluding steroid dienone is 4. The smallest absolute Gasteiger partial charge is 0.153 e. The SMILES string of the molecule is O=CC(C=O)=C1C=C(c2ccccc2)OC(c2ccccc2)=C1. The highest BCUT2D eigenvalue weighted by Crippen LogP contribution is 2.32. The van der Waals surface area contributed by atoms with Crippen LogP contribution in [-0.4, -0.2) is 12.6 Å². The van der Waals surface area contributed by atoms with Crippen LogP contribution in [0.5, 0.6) is 0 Å². The van der Waals surface area contributed by atoms with Gasteiger partial charge in [0.25, 0.3) is 0 Å². The van der Waals surface area contributed by atoms with Crippen molar-refractivity contribution in [2.45, 2.75) is 0 Å². The van der Waals surface area contributed by atoms with Crippen LogP contribution in [0.2, 0.25) is 0 Å². The van der Waals surface area contributed by atoms with E-state index in [9.17, 15) is 9.59 Å². The van der Waals surface area contributed by atoms with Crippen LogP contribution in [0.15, 0.2) is 84.0 Å². The van der Waals surface area contributed by atoms with Crippen molar-refractivity contribution in [1.29, 1.82) is 0 Å². The molecular formula is C20H14O3. The van der Waals surface area contributed by atoms with Crippen LogP contribution in [0.4, 0.5) is 0 Å². The van der Waals surface area contributed by atoms with Gasteiger partial charge in [-0.2, -0.15) is 0 Å². The lowest BCUT2D eigenvalue weighted by Crippen LogP contribution is -2.02. The highest BCUT2D eigenvalue weighted by molar-refractivity contribution is 6.02. The second-order valence-electron chi connectivity index (χ2n) is 5.00. The summed E-state index contributed by atoms with van der Waals surface area (Å²) in [6, 6.07) is 19.1. The molecule has 1 aliphatic heterocycles. The Labute approximate surface area is 134 Å². The maximum absolute atomic E-state index is 11.1. The quantitative estimate of drug-likeness (QED) is 0.373. The lowest BCUT2D eigenvalue weighted by atomic mass is 10.0. The molecular weight excluding hydrogens is 288 g/mol. The lowest BCUT2D eigenvalue weighted by Gasteiger charge is -2.19. The van der Waals surface area contributed by atoms with Crippen molar-refractivity contribution in [2.24, 2.45) is 0 Å². The number of hydrogen-bond acceptors (Lipinski definition) is 3. The molecule has 23 heavy (non-hydrogen) atoms. The molecule has 112 valence electrons. The fourth-order valence-electron chi connectivity index (χ4n) is 2.32. The van der Waals surface area contributed by atoms with E-state index in [0.717, 1.165) is 11.1 Å². The molecule has 3 heteroatoms. The van der Waals surface area contributed by atoms with E-state index in [1.807, 2.05) is 60.7 Å². The van der Waals surface area contributed by atoms with Gasteiger partial charge in [0, 0.05) is 11.1 Å². The van der Waals surface area contributed by atoms with Crippen LogP contribution in [0.3, 0.4) is 0 Å². The number of carbonyl (C=O) groups excluding carboxylic acids is 2. The van der Waals surface area contributed by atoms with Crippen LogP contribution < -0.4 is 0 Å². The molecule has 0 unspecified atom stereocenters. The fraction of sp³-hybridized carbons (Fsp3) is 0. The molecule has 0 aliphatic carbocycles. The molecule has 3 nitrogen and oxygen atoms in total. The minimum Gasteiger partial charge on any atom is -0.456 e. The van der Waals surface area contributed by atoms with Gasteiger partial charge in [-0.3, -0.25) is 9.59 Å². The Hall–Kier alpha value is -3.20. The third-order valence-electron chi connectivity index (χ3n) is 3.50. The summed E-state index contributed by atoms with van der Waals surface area (Å²) in [6.07, 6.45) is 4.54.